The van der Waals surface area contributed by atoms with Crippen LogP contribution in [-0.2, 0) is 33.4 Å². The fraction of sp³-hybridized carbons (Fsp3) is 0.571. The highest BCUT2D eigenvalue weighted by molar-refractivity contribution is 7.12. The Morgan fingerprint density at radius 3 is 2.51 bits per heavy atom. The number of Topliss-reactive ketones (excluding diaryl/α,β-unsaturated/α-hetero) is 1. The molecule has 2 aliphatic heterocycles. The molecule has 2 aromatic heterocycles. The molecule has 3 aromatic rings. The van der Waals surface area contributed by atoms with Gasteiger partial charge in [-0.2, -0.15) is 13.2 Å². The van der Waals surface area contributed by atoms with E-state index in [1.54, 1.807) is 19.2 Å². The van der Waals surface area contributed by atoms with Crippen LogP contribution in [0, 0.1) is 5.92 Å². The Bertz CT molecular complexity index is 1560. The van der Waals surface area contributed by atoms with Gasteiger partial charge < -0.3 is 19.1 Å². The fourth-order valence-corrected chi connectivity index (χ4v) is 7.54. The topological polar surface area (TPSA) is 107 Å². The van der Waals surface area contributed by atoms with Gasteiger partial charge in [0.2, 0.25) is 0 Å². The Morgan fingerprint density at radius 1 is 1.04 bits per heavy atom. The summed E-state index contributed by atoms with van der Waals surface area (Å²) in [5, 5.41) is 0.502. The van der Waals surface area contributed by atoms with E-state index in [-0.39, 0.29) is 42.1 Å². The molecule has 0 spiro atoms. The molecule has 5 rings (SSSR count). The van der Waals surface area contributed by atoms with Crippen molar-refractivity contribution in [2.75, 3.05) is 51.5 Å². The fourth-order valence-electron chi connectivity index (χ4n) is 6.43. The summed E-state index contributed by atoms with van der Waals surface area (Å²) in [5.41, 5.74) is 0.0822. The van der Waals surface area contributed by atoms with Gasteiger partial charge in [0.05, 0.1) is 49.2 Å². The molecule has 10 nitrogen and oxygen atoms in total. The minimum absolute atomic E-state index is 0.0549. The number of piperidine rings is 1. The third kappa shape index (κ3) is 9.34. The number of thiazole rings is 1. The average molecular weight is 704 g/mol. The van der Waals surface area contributed by atoms with Gasteiger partial charge in [-0.05, 0) is 63.8 Å². The van der Waals surface area contributed by atoms with Crippen LogP contribution in [0.3, 0.4) is 0 Å². The molecule has 0 saturated carbocycles. The average Bonchev–Trinajstić information content (AvgIpc) is 3.72. The number of ketones is 1. The number of alkyl halides is 3. The first-order valence-electron chi connectivity index (χ1n) is 16.9. The van der Waals surface area contributed by atoms with E-state index < -0.39 is 11.7 Å². The molecule has 0 N–H and O–H groups in total. The molecule has 266 valence electrons. The Hall–Kier alpha value is -3.62. The number of rotatable bonds is 15. The van der Waals surface area contributed by atoms with E-state index in [0.717, 1.165) is 36.8 Å². The number of anilines is 1. The summed E-state index contributed by atoms with van der Waals surface area (Å²) < 4.78 is 58.3. The van der Waals surface area contributed by atoms with Crippen molar-refractivity contribution in [2.24, 2.45) is 5.92 Å². The van der Waals surface area contributed by atoms with Crippen LogP contribution < -0.4 is 9.64 Å². The maximum atomic E-state index is 14.2. The Morgan fingerprint density at radius 2 is 1.84 bits per heavy atom. The van der Waals surface area contributed by atoms with E-state index in [1.807, 2.05) is 4.90 Å². The third-order valence-corrected chi connectivity index (χ3v) is 10.1. The Labute approximate surface area is 289 Å². The number of aromatic nitrogens is 3. The van der Waals surface area contributed by atoms with Crippen LogP contribution in [0.2, 0.25) is 0 Å². The summed E-state index contributed by atoms with van der Waals surface area (Å²) in [4.78, 5) is 44.3. The van der Waals surface area contributed by atoms with Crippen molar-refractivity contribution in [3.05, 3.63) is 51.7 Å². The lowest BCUT2D eigenvalue weighted by Gasteiger charge is -2.31. The third-order valence-electron chi connectivity index (χ3n) is 9.04. The number of hydrogen-bond acceptors (Lipinski definition) is 11. The molecular weight excluding hydrogens is 659 g/mol. The molecular formula is C35H44F3N5O5S. The molecule has 14 heteroatoms. The van der Waals surface area contributed by atoms with Gasteiger partial charge in [-0.1, -0.05) is 6.92 Å². The zero-order chi connectivity index (χ0) is 35.0. The van der Waals surface area contributed by atoms with Gasteiger partial charge in [-0.3, -0.25) is 14.5 Å². The zero-order valence-corrected chi connectivity index (χ0v) is 29.1. The number of hydrogen-bond donors (Lipinski definition) is 0. The van der Waals surface area contributed by atoms with Crippen LogP contribution in [0.5, 0.6) is 5.75 Å². The minimum Gasteiger partial charge on any atom is -0.493 e. The summed E-state index contributed by atoms with van der Waals surface area (Å²) in [7, 11) is 1.53. The van der Waals surface area contributed by atoms with E-state index in [0.29, 0.717) is 80.2 Å². The number of methoxy groups -OCH3 is 1. The highest BCUT2D eigenvalue weighted by Crippen LogP contribution is 2.41. The van der Waals surface area contributed by atoms with E-state index in [2.05, 4.69) is 21.8 Å². The molecule has 4 heterocycles. The van der Waals surface area contributed by atoms with Gasteiger partial charge in [-0.15, -0.1) is 11.3 Å². The summed E-state index contributed by atoms with van der Waals surface area (Å²) >= 11 is 1.35. The molecule has 0 radical (unpaired) electrons. The van der Waals surface area contributed by atoms with Gasteiger partial charge >= 0.3 is 12.1 Å². The van der Waals surface area contributed by atoms with E-state index in [4.69, 9.17) is 19.2 Å². The predicted octanol–water partition coefficient (Wildman–Crippen LogP) is 6.61. The van der Waals surface area contributed by atoms with Crippen molar-refractivity contribution < 1.29 is 37.0 Å². The molecule has 1 atom stereocenters. The first-order valence-corrected chi connectivity index (χ1v) is 17.8. The van der Waals surface area contributed by atoms with Crippen molar-refractivity contribution in [3.63, 3.8) is 0 Å². The second kappa shape index (κ2) is 16.9. The molecule has 0 amide bonds. The second-order valence-corrected chi connectivity index (χ2v) is 13.5. The first kappa shape index (κ1) is 36.7. The van der Waals surface area contributed by atoms with E-state index >= 15 is 0 Å². The number of carbonyl (C=O) groups is 2. The van der Waals surface area contributed by atoms with Crippen molar-refractivity contribution in [2.45, 2.75) is 77.6 Å². The van der Waals surface area contributed by atoms with E-state index in [9.17, 15) is 22.8 Å². The lowest BCUT2D eigenvalue weighted by atomic mass is 9.97. The predicted molar refractivity (Wildman–Crippen MR) is 180 cm³/mol. The van der Waals surface area contributed by atoms with Gasteiger partial charge in [0, 0.05) is 56.3 Å². The molecule has 2 saturated heterocycles. The van der Waals surface area contributed by atoms with Crippen LogP contribution in [0.4, 0.5) is 19.0 Å². The quantitative estimate of drug-likeness (QED) is 0.0975. The minimum atomic E-state index is -4.63. The van der Waals surface area contributed by atoms with Crippen LogP contribution in [0.15, 0.2) is 30.6 Å². The highest BCUT2D eigenvalue weighted by Gasteiger charge is 2.36. The van der Waals surface area contributed by atoms with Crippen molar-refractivity contribution in [3.8, 4) is 17.0 Å². The molecule has 0 bridgehead atoms. The summed E-state index contributed by atoms with van der Waals surface area (Å²) in [6, 6.07) is 4.43. The second-order valence-electron chi connectivity index (χ2n) is 12.3. The monoisotopic (exact) mass is 703 g/mol. The first-order chi connectivity index (χ1) is 23.6. The smallest absolute Gasteiger partial charge is 0.419 e. The summed E-state index contributed by atoms with van der Waals surface area (Å²) in [6.07, 6.45) is 3.19. The van der Waals surface area contributed by atoms with Crippen LogP contribution in [0.25, 0.3) is 11.3 Å². The Kier molecular flexibility index (Phi) is 12.6. The van der Waals surface area contributed by atoms with Crippen molar-refractivity contribution in [1.29, 1.82) is 0 Å². The highest BCUT2D eigenvalue weighted by atomic mass is 32.1. The van der Waals surface area contributed by atoms with Gasteiger partial charge in [0.15, 0.2) is 5.78 Å². The standard InChI is InChI=1S/C35H44F3N5O5S/c1-4-25-8-6-13-43(25)22-30-33(24-9-10-29(48-17-7-16-46-3)26(18-24)35(36,37)38)41-32(49-30)19-28(44)27-20-40-31(21-39-27)42-14-11-23(12-15-42)34(45)47-5-2/h9-10,18,20-21,23,25H,4-8,11-17,19,22H2,1-3H3/t25-/m1/s1. The van der Waals surface area contributed by atoms with Crippen molar-refractivity contribution >= 4 is 28.9 Å². The lowest BCUT2D eigenvalue weighted by molar-refractivity contribution is -0.148. The number of ether oxygens (including phenoxy) is 3. The number of nitrogens with zero attached hydrogens (tertiary/aromatic N) is 5. The van der Waals surface area contributed by atoms with Gasteiger partial charge in [-0.25, -0.2) is 15.0 Å². The largest absolute Gasteiger partial charge is 0.493 e. The molecule has 1 aromatic carbocycles. The van der Waals surface area contributed by atoms with Crippen LogP contribution >= 0.6 is 11.3 Å². The molecule has 49 heavy (non-hydrogen) atoms. The number of likely N-dealkylation sites (tertiary alicyclic amines) is 1. The normalized spacial score (nSPS) is 17.4. The SMILES string of the molecule is CCOC(=O)C1CCN(c2cnc(C(=O)Cc3nc(-c4ccc(OCCCOC)c(C(F)(F)F)c4)c(CN4CCC[C@H]4CC)s3)cn2)CC1. The lowest BCUT2D eigenvalue weighted by Crippen LogP contribution is -2.37. The summed E-state index contributed by atoms with van der Waals surface area (Å²) in [5.74, 6) is -0.200. The number of halogens is 3. The molecule has 0 aliphatic carbocycles. The zero-order valence-electron chi connectivity index (χ0n) is 28.3. The van der Waals surface area contributed by atoms with Crippen LogP contribution in [-0.4, -0.2) is 84.2 Å². The maximum Gasteiger partial charge on any atom is 0.419 e. The van der Waals surface area contributed by atoms with Crippen LogP contribution in [0.1, 0.15) is 78.3 Å². The van der Waals surface area contributed by atoms with Gasteiger partial charge in [0.1, 0.15) is 22.3 Å². The maximum absolute atomic E-state index is 14.2. The number of esters is 1. The molecule has 0 unspecified atom stereocenters. The van der Waals surface area contributed by atoms with Crippen molar-refractivity contribution in [1.82, 2.24) is 19.9 Å². The number of carbonyl (C=O) groups excluding carboxylic acids is 2. The Balaban J connectivity index is 1.34. The molecule has 2 aliphatic rings. The molecule has 2 fully saturated rings. The van der Waals surface area contributed by atoms with E-state index in [1.165, 1.54) is 30.7 Å². The van der Waals surface area contributed by atoms with Gasteiger partial charge in [0.25, 0.3) is 0 Å². The summed E-state index contributed by atoms with van der Waals surface area (Å²) in [6.45, 7) is 7.46. The number of benzene rings is 1.